The molecule has 0 aliphatic carbocycles. The van der Waals surface area contributed by atoms with Gasteiger partial charge in [0.1, 0.15) is 11.4 Å². The van der Waals surface area contributed by atoms with Crippen LogP contribution in [0.4, 0.5) is 22.7 Å². The van der Waals surface area contributed by atoms with Gasteiger partial charge in [0.25, 0.3) is 5.69 Å². The summed E-state index contributed by atoms with van der Waals surface area (Å²) in [5.41, 5.74) is 7.14. The Hall–Kier alpha value is -2.76. The summed E-state index contributed by atoms with van der Waals surface area (Å²) in [6, 6.07) is 11.9. The molecule has 0 spiro atoms. The lowest BCUT2D eigenvalue weighted by Crippen LogP contribution is -1.97. The average Bonchev–Trinajstić information content (AvgIpc) is 2.38. The lowest BCUT2D eigenvalue weighted by Gasteiger charge is -2.08. The Bertz CT molecular complexity index is 614. The zero-order valence-corrected chi connectivity index (χ0v) is 10.3. The lowest BCUT2D eigenvalue weighted by molar-refractivity contribution is -0.383. The number of rotatable bonds is 4. The second-order valence-electron chi connectivity index (χ2n) is 3.89. The highest BCUT2D eigenvalue weighted by atomic mass is 16.6. The fraction of sp³-hybridized carbons (Fsp3) is 0.0769. The van der Waals surface area contributed by atoms with Crippen LogP contribution in [-0.2, 0) is 0 Å². The van der Waals surface area contributed by atoms with Crippen molar-refractivity contribution in [1.29, 1.82) is 0 Å². The molecule has 0 radical (unpaired) electrons. The highest BCUT2D eigenvalue weighted by Gasteiger charge is 2.11. The molecule has 0 aliphatic rings. The van der Waals surface area contributed by atoms with Gasteiger partial charge >= 0.3 is 0 Å². The van der Waals surface area contributed by atoms with Crippen LogP contribution in [0.25, 0.3) is 0 Å². The van der Waals surface area contributed by atoms with Gasteiger partial charge in [-0.05, 0) is 24.3 Å². The molecular formula is C13H13N3O3. The van der Waals surface area contributed by atoms with Crippen molar-refractivity contribution in [1.82, 2.24) is 0 Å². The maximum Gasteiger partial charge on any atom is 0.292 e. The molecular weight excluding hydrogens is 246 g/mol. The minimum absolute atomic E-state index is 0.101. The second kappa shape index (κ2) is 5.26. The summed E-state index contributed by atoms with van der Waals surface area (Å²) in [4.78, 5) is 10.2. The molecule has 2 aromatic rings. The van der Waals surface area contributed by atoms with E-state index in [1.807, 2.05) is 24.3 Å². The first-order chi connectivity index (χ1) is 9.10. The van der Waals surface area contributed by atoms with Crippen LogP contribution in [0.2, 0.25) is 0 Å². The van der Waals surface area contributed by atoms with Gasteiger partial charge in [-0.3, -0.25) is 10.1 Å². The van der Waals surface area contributed by atoms with Crippen LogP contribution < -0.4 is 15.8 Å². The molecule has 6 nitrogen and oxygen atoms in total. The Labute approximate surface area is 110 Å². The first-order valence-electron chi connectivity index (χ1n) is 5.55. The molecule has 0 amide bonds. The molecule has 3 N–H and O–H groups in total. The molecule has 0 atom stereocenters. The van der Waals surface area contributed by atoms with Crippen molar-refractivity contribution in [3.05, 3.63) is 52.6 Å². The number of nitrogens with zero attached hydrogens (tertiary/aromatic N) is 1. The summed E-state index contributed by atoms with van der Waals surface area (Å²) >= 11 is 0. The summed E-state index contributed by atoms with van der Waals surface area (Å²) in [5.74, 6) is 0.722. The topological polar surface area (TPSA) is 90.4 Å². The fourth-order valence-electron chi connectivity index (χ4n) is 1.67. The Morgan fingerprint density at radius 2 is 1.95 bits per heavy atom. The van der Waals surface area contributed by atoms with Crippen molar-refractivity contribution >= 4 is 22.7 Å². The minimum atomic E-state index is -0.509. The number of nitrogens with one attached hydrogen (secondary N) is 1. The predicted octanol–water partition coefficient (Wildman–Crippen LogP) is 2.93. The van der Waals surface area contributed by atoms with Gasteiger partial charge in [-0.2, -0.15) is 0 Å². The third kappa shape index (κ3) is 2.92. The summed E-state index contributed by atoms with van der Waals surface area (Å²) < 4.78 is 5.11. The standard InChI is InChI=1S/C13H13N3O3/c1-19-11-4-2-3-9(7-11)15-10-5-6-13(16(17)18)12(14)8-10/h2-8,15H,14H2,1H3. The number of anilines is 3. The van der Waals surface area contributed by atoms with E-state index < -0.39 is 4.92 Å². The number of nitrogens with two attached hydrogens (primary N) is 1. The summed E-state index contributed by atoms with van der Waals surface area (Å²) in [6.07, 6.45) is 0. The largest absolute Gasteiger partial charge is 0.497 e. The SMILES string of the molecule is COc1cccc(Nc2ccc([N+](=O)[O-])c(N)c2)c1. The van der Waals surface area contributed by atoms with Gasteiger partial charge in [-0.1, -0.05) is 6.07 Å². The van der Waals surface area contributed by atoms with E-state index in [1.54, 1.807) is 13.2 Å². The number of nitro groups is 1. The summed E-state index contributed by atoms with van der Waals surface area (Å²) in [5, 5.41) is 13.8. The van der Waals surface area contributed by atoms with E-state index >= 15 is 0 Å². The van der Waals surface area contributed by atoms with E-state index in [2.05, 4.69) is 5.32 Å². The van der Waals surface area contributed by atoms with E-state index in [-0.39, 0.29) is 11.4 Å². The number of nitro benzene ring substituents is 1. The van der Waals surface area contributed by atoms with E-state index in [0.29, 0.717) is 5.69 Å². The average molecular weight is 259 g/mol. The lowest BCUT2D eigenvalue weighted by atomic mass is 10.2. The number of methoxy groups -OCH3 is 1. The predicted molar refractivity (Wildman–Crippen MR) is 73.8 cm³/mol. The maximum absolute atomic E-state index is 10.7. The van der Waals surface area contributed by atoms with Crippen molar-refractivity contribution in [2.24, 2.45) is 0 Å². The molecule has 0 unspecified atom stereocenters. The van der Waals surface area contributed by atoms with Gasteiger partial charge < -0.3 is 15.8 Å². The van der Waals surface area contributed by atoms with Crippen LogP contribution in [0, 0.1) is 10.1 Å². The first kappa shape index (κ1) is 12.7. The Kier molecular flexibility index (Phi) is 3.51. The Morgan fingerprint density at radius 1 is 1.21 bits per heavy atom. The molecule has 0 saturated carbocycles. The molecule has 0 aliphatic heterocycles. The number of hydrogen-bond acceptors (Lipinski definition) is 5. The summed E-state index contributed by atoms with van der Waals surface area (Å²) in [6.45, 7) is 0. The first-order valence-corrected chi connectivity index (χ1v) is 5.55. The zero-order valence-electron chi connectivity index (χ0n) is 10.3. The third-order valence-electron chi connectivity index (χ3n) is 2.58. The van der Waals surface area contributed by atoms with Crippen molar-refractivity contribution in [3.63, 3.8) is 0 Å². The molecule has 0 heterocycles. The molecule has 2 aromatic carbocycles. The molecule has 98 valence electrons. The number of nitrogen functional groups attached to an aromatic ring is 1. The molecule has 0 bridgehead atoms. The molecule has 19 heavy (non-hydrogen) atoms. The van der Waals surface area contributed by atoms with Crippen LogP contribution in [0.15, 0.2) is 42.5 Å². The van der Waals surface area contributed by atoms with E-state index in [9.17, 15) is 10.1 Å². The quantitative estimate of drug-likeness (QED) is 0.500. The monoisotopic (exact) mass is 259 g/mol. The van der Waals surface area contributed by atoms with E-state index in [1.165, 1.54) is 12.1 Å². The van der Waals surface area contributed by atoms with Gasteiger partial charge in [-0.25, -0.2) is 0 Å². The second-order valence-corrected chi connectivity index (χ2v) is 3.89. The molecule has 2 rings (SSSR count). The fourth-order valence-corrected chi connectivity index (χ4v) is 1.67. The number of benzene rings is 2. The smallest absolute Gasteiger partial charge is 0.292 e. The van der Waals surface area contributed by atoms with Gasteiger partial charge in [-0.15, -0.1) is 0 Å². The van der Waals surface area contributed by atoms with Gasteiger partial charge in [0.05, 0.1) is 12.0 Å². The minimum Gasteiger partial charge on any atom is -0.497 e. The zero-order chi connectivity index (χ0) is 13.8. The van der Waals surface area contributed by atoms with Crippen LogP contribution in [0.1, 0.15) is 0 Å². The molecule has 0 saturated heterocycles. The maximum atomic E-state index is 10.7. The van der Waals surface area contributed by atoms with Crippen LogP contribution in [0.5, 0.6) is 5.75 Å². The highest BCUT2D eigenvalue weighted by molar-refractivity contribution is 5.70. The van der Waals surface area contributed by atoms with E-state index in [4.69, 9.17) is 10.5 Å². The van der Waals surface area contributed by atoms with Gasteiger partial charge in [0.2, 0.25) is 0 Å². The normalized spacial score (nSPS) is 9.95. The highest BCUT2D eigenvalue weighted by Crippen LogP contribution is 2.27. The Balaban J connectivity index is 2.23. The van der Waals surface area contributed by atoms with Gasteiger partial charge in [0, 0.05) is 23.5 Å². The van der Waals surface area contributed by atoms with Crippen LogP contribution >= 0.6 is 0 Å². The van der Waals surface area contributed by atoms with Crippen molar-refractivity contribution in [2.75, 3.05) is 18.2 Å². The van der Waals surface area contributed by atoms with E-state index in [0.717, 1.165) is 11.4 Å². The number of hydrogen-bond donors (Lipinski definition) is 2. The van der Waals surface area contributed by atoms with Crippen LogP contribution in [0.3, 0.4) is 0 Å². The van der Waals surface area contributed by atoms with Crippen LogP contribution in [-0.4, -0.2) is 12.0 Å². The number of ether oxygens (including phenoxy) is 1. The van der Waals surface area contributed by atoms with Crippen molar-refractivity contribution < 1.29 is 9.66 Å². The summed E-state index contributed by atoms with van der Waals surface area (Å²) in [7, 11) is 1.59. The van der Waals surface area contributed by atoms with Gasteiger partial charge in [0.15, 0.2) is 0 Å². The molecule has 0 aromatic heterocycles. The van der Waals surface area contributed by atoms with Crippen molar-refractivity contribution in [2.45, 2.75) is 0 Å². The molecule has 0 fully saturated rings. The molecule has 6 heteroatoms. The van der Waals surface area contributed by atoms with Crippen molar-refractivity contribution in [3.8, 4) is 5.75 Å². The Morgan fingerprint density at radius 3 is 2.58 bits per heavy atom. The third-order valence-corrected chi connectivity index (χ3v) is 2.58.